The molecular formula is C10H8ClNO2S. The monoisotopic (exact) mass is 241 g/mol. The summed E-state index contributed by atoms with van der Waals surface area (Å²) in [6.07, 6.45) is 0.0815. The molecule has 0 saturated carbocycles. The molecule has 0 aliphatic rings. The van der Waals surface area contributed by atoms with E-state index in [0.29, 0.717) is 16.3 Å². The van der Waals surface area contributed by atoms with Crippen molar-refractivity contribution in [2.75, 3.05) is 5.75 Å². The largest absolute Gasteiger partial charge is 0.481 e. The number of halogens is 1. The van der Waals surface area contributed by atoms with Crippen LogP contribution in [0.1, 0.15) is 12.0 Å². The van der Waals surface area contributed by atoms with Gasteiger partial charge in [-0.05, 0) is 18.2 Å². The van der Waals surface area contributed by atoms with Gasteiger partial charge in [-0.15, -0.1) is 11.8 Å². The Morgan fingerprint density at radius 2 is 2.33 bits per heavy atom. The summed E-state index contributed by atoms with van der Waals surface area (Å²) in [5, 5.41) is 17.8. The van der Waals surface area contributed by atoms with Crippen LogP contribution in [0.2, 0.25) is 5.02 Å². The molecule has 78 valence electrons. The smallest absolute Gasteiger partial charge is 0.304 e. The third kappa shape index (κ3) is 3.82. The lowest BCUT2D eigenvalue weighted by Crippen LogP contribution is -1.96. The molecule has 5 heteroatoms. The van der Waals surface area contributed by atoms with Crippen molar-refractivity contribution in [3.05, 3.63) is 28.8 Å². The third-order valence-corrected chi connectivity index (χ3v) is 2.95. The second-order valence-electron chi connectivity index (χ2n) is 2.74. The average Bonchev–Trinajstić information content (AvgIpc) is 2.19. The lowest BCUT2D eigenvalue weighted by molar-refractivity contribution is -0.136. The van der Waals surface area contributed by atoms with Gasteiger partial charge in [0, 0.05) is 15.7 Å². The highest BCUT2D eigenvalue weighted by molar-refractivity contribution is 7.99. The normalized spacial score (nSPS) is 9.60. The van der Waals surface area contributed by atoms with E-state index in [1.807, 2.05) is 6.07 Å². The van der Waals surface area contributed by atoms with Gasteiger partial charge in [0.15, 0.2) is 0 Å². The molecule has 3 nitrogen and oxygen atoms in total. The molecule has 0 spiro atoms. The lowest BCUT2D eigenvalue weighted by atomic mass is 10.2. The Balaban J connectivity index is 2.69. The number of nitriles is 1. The van der Waals surface area contributed by atoms with Crippen molar-refractivity contribution in [1.82, 2.24) is 0 Å². The minimum Gasteiger partial charge on any atom is -0.481 e. The number of aliphatic carboxylic acids is 1. The van der Waals surface area contributed by atoms with Crippen LogP contribution in [0, 0.1) is 11.3 Å². The number of carboxylic acids is 1. The fraction of sp³-hybridized carbons (Fsp3) is 0.200. The quantitative estimate of drug-likeness (QED) is 0.824. The number of hydrogen-bond acceptors (Lipinski definition) is 3. The number of carbonyl (C=O) groups is 1. The van der Waals surface area contributed by atoms with Crippen molar-refractivity contribution < 1.29 is 9.90 Å². The molecule has 1 aromatic rings. The Morgan fingerprint density at radius 3 is 2.93 bits per heavy atom. The van der Waals surface area contributed by atoms with Crippen LogP contribution in [0.3, 0.4) is 0 Å². The summed E-state index contributed by atoms with van der Waals surface area (Å²) in [5.41, 5.74) is 0.484. The van der Waals surface area contributed by atoms with Gasteiger partial charge in [-0.3, -0.25) is 4.79 Å². The van der Waals surface area contributed by atoms with E-state index >= 15 is 0 Å². The summed E-state index contributed by atoms with van der Waals surface area (Å²) >= 11 is 7.07. The zero-order chi connectivity index (χ0) is 11.3. The zero-order valence-corrected chi connectivity index (χ0v) is 9.31. The Labute approximate surface area is 96.7 Å². The summed E-state index contributed by atoms with van der Waals surface area (Å²) in [7, 11) is 0. The van der Waals surface area contributed by atoms with E-state index in [9.17, 15) is 4.79 Å². The van der Waals surface area contributed by atoms with E-state index in [-0.39, 0.29) is 6.42 Å². The maximum Gasteiger partial charge on any atom is 0.304 e. The molecule has 0 heterocycles. The number of nitrogens with zero attached hydrogens (tertiary/aromatic N) is 1. The number of benzene rings is 1. The molecule has 1 N–H and O–H groups in total. The molecule has 0 fully saturated rings. The summed E-state index contributed by atoms with van der Waals surface area (Å²) in [4.78, 5) is 11.1. The molecule has 0 radical (unpaired) electrons. The van der Waals surface area contributed by atoms with Crippen molar-refractivity contribution in [1.29, 1.82) is 5.26 Å². The summed E-state index contributed by atoms with van der Waals surface area (Å²) in [5.74, 6) is -0.388. The van der Waals surface area contributed by atoms with Crippen LogP contribution in [-0.2, 0) is 4.79 Å². The van der Waals surface area contributed by atoms with Crippen molar-refractivity contribution in [3.63, 3.8) is 0 Å². The average molecular weight is 242 g/mol. The van der Waals surface area contributed by atoms with Gasteiger partial charge in [0.1, 0.15) is 6.07 Å². The second-order valence-corrected chi connectivity index (χ2v) is 4.32. The van der Waals surface area contributed by atoms with Crippen LogP contribution in [0.15, 0.2) is 23.1 Å². The summed E-state index contributed by atoms with van der Waals surface area (Å²) in [6, 6.07) is 7.01. The van der Waals surface area contributed by atoms with Crippen LogP contribution < -0.4 is 0 Å². The van der Waals surface area contributed by atoms with E-state index in [2.05, 4.69) is 0 Å². The second kappa shape index (κ2) is 5.64. The minimum atomic E-state index is -0.838. The Hall–Kier alpha value is -1.18. The fourth-order valence-electron chi connectivity index (χ4n) is 0.964. The van der Waals surface area contributed by atoms with Gasteiger partial charge in [0.25, 0.3) is 0 Å². The molecular weight excluding hydrogens is 234 g/mol. The fourth-order valence-corrected chi connectivity index (χ4v) is 2.06. The van der Waals surface area contributed by atoms with E-state index in [0.717, 1.165) is 4.90 Å². The molecule has 0 aliphatic heterocycles. The van der Waals surface area contributed by atoms with Gasteiger partial charge >= 0.3 is 5.97 Å². The zero-order valence-electron chi connectivity index (χ0n) is 7.74. The first kappa shape index (κ1) is 11.9. The molecule has 1 aromatic carbocycles. The molecule has 0 saturated heterocycles. The highest BCUT2D eigenvalue weighted by atomic mass is 35.5. The van der Waals surface area contributed by atoms with Gasteiger partial charge in [0.05, 0.1) is 12.0 Å². The Bertz CT molecular complexity index is 414. The van der Waals surface area contributed by atoms with E-state index in [4.69, 9.17) is 22.0 Å². The Morgan fingerprint density at radius 1 is 1.60 bits per heavy atom. The maximum atomic E-state index is 10.3. The SMILES string of the molecule is N#Cc1cc(Cl)ccc1SCCC(=O)O. The van der Waals surface area contributed by atoms with E-state index in [1.54, 1.807) is 18.2 Å². The first-order valence-electron chi connectivity index (χ1n) is 4.17. The number of thioether (sulfide) groups is 1. The van der Waals surface area contributed by atoms with Gasteiger partial charge < -0.3 is 5.11 Å². The highest BCUT2D eigenvalue weighted by Gasteiger charge is 2.04. The van der Waals surface area contributed by atoms with Crippen molar-refractivity contribution in [2.24, 2.45) is 0 Å². The molecule has 0 amide bonds. The van der Waals surface area contributed by atoms with Gasteiger partial charge in [-0.25, -0.2) is 0 Å². The maximum absolute atomic E-state index is 10.3. The van der Waals surface area contributed by atoms with Crippen LogP contribution >= 0.6 is 23.4 Å². The third-order valence-electron chi connectivity index (χ3n) is 1.64. The summed E-state index contributed by atoms with van der Waals surface area (Å²) < 4.78 is 0. The number of rotatable bonds is 4. The molecule has 15 heavy (non-hydrogen) atoms. The first-order valence-corrected chi connectivity index (χ1v) is 5.54. The van der Waals surface area contributed by atoms with Crippen LogP contribution in [0.4, 0.5) is 0 Å². The minimum absolute atomic E-state index is 0.0815. The van der Waals surface area contributed by atoms with Gasteiger partial charge in [-0.2, -0.15) is 5.26 Å². The van der Waals surface area contributed by atoms with Crippen LogP contribution in [0.25, 0.3) is 0 Å². The lowest BCUT2D eigenvalue weighted by Gasteiger charge is -2.02. The van der Waals surface area contributed by atoms with Crippen molar-refractivity contribution >= 4 is 29.3 Å². The van der Waals surface area contributed by atoms with Crippen LogP contribution in [0.5, 0.6) is 0 Å². The topological polar surface area (TPSA) is 61.1 Å². The predicted molar refractivity (Wildman–Crippen MR) is 59.1 cm³/mol. The van der Waals surface area contributed by atoms with E-state index in [1.165, 1.54) is 11.8 Å². The molecule has 0 aromatic heterocycles. The molecule has 0 aliphatic carbocycles. The van der Waals surface area contributed by atoms with Crippen molar-refractivity contribution in [2.45, 2.75) is 11.3 Å². The van der Waals surface area contributed by atoms with Gasteiger partial charge in [0.2, 0.25) is 0 Å². The molecule has 0 unspecified atom stereocenters. The highest BCUT2D eigenvalue weighted by Crippen LogP contribution is 2.25. The number of carboxylic acid groups (broad SMARTS) is 1. The first-order chi connectivity index (χ1) is 7.13. The Kier molecular flexibility index (Phi) is 4.47. The standard InChI is InChI=1S/C10H8ClNO2S/c11-8-1-2-9(7(5-8)6-12)15-4-3-10(13)14/h1-2,5H,3-4H2,(H,13,14). The predicted octanol–water partition coefficient (Wildman–Crippen LogP) is 2.78. The van der Waals surface area contributed by atoms with Crippen molar-refractivity contribution in [3.8, 4) is 6.07 Å². The summed E-state index contributed by atoms with van der Waals surface area (Å²) in [6.45, 7) is 0. The molecule has 1 rings (SSSR count). The van der Waals surface area contributed by atoms with Crippen LogP contribution in [-0.4, -0.2) is 16.8 Å². The van der Waals surface area contributed by atoms with E-state index < -0.39 is 5.97 Å². The molecule has 0 atom stereocenters. The van der Waals surface area contributed by atoms with Gasteiger partial charge in [-0.1, -0.05) is 11.6 Å². The number of hydrogen-bond donors (Lipinski definition) is 1. The molecule has 0 bridgehead atoms.